The van der Waals surface area contributed by atoms with E-state index in [0.717, 1.165) is 50.4 Å². The van der Waals surface area contributed by atoms with Crippen LogP contribution in [0.2, 0.25) is 0 Å². The second-order valence-electron chi connectivity index (χ2n) is 12.0. The van der Waals surface area contributed by atoms with Gasteiger partial charge < -0.3 is 44.7 Å². The van der Waals surface area contributed by atoms with E-state index in [0.29, 0.717) is 36.9 Å². The van der Waals surface area contributed by atoms with Crippen LogP contribution in [0.25, 0.3) is 11.1 Å². The molecular formula is C38H42N2O8. The van der Waals surface area contributed by atoms with Crippen LogP contribution in [0.5, 0.6) is 23.0 Å². The van der Waals surface area contributed by atoms with Crippen molar-refractivity contribution in [1.82, 2.24) is 5.32 Å². The number of aliphatic hydroxyl groups is 4. The molecule has 5 N–H and O–H groups in total. The summed E-state index contributed by atoms with van der Waals surface area (Å²) in [6.45, 7) is 6.89. The molecule has 0 bridgehead atoms. The maximum absolute atomic E-state index is 10.5. The van der Waals surface area contributed by atoms with Crippen molar-refractivity contribution in [3.63, 3.8) is 0 Å². The average Bonchev–Trinajstić information content (AvgIpc) is 3.12. The van der Waals surface area contributed by atoms with Gasteiger partial charge in [-0.1, -0.05) is 36.4 Å². The van der Waals surface area contributed by atoms with E-state index in [2.05, 4.69) is 24.4 Å². The van der Waals surface area contributed by atoms with Crippen molar-refractivity contribution in [1.29, 1.82) is 5.26 Å². The number of hydrogen-bond donors (Lipinski definition) is 5. The summed E-state index contributed by atoms with van der Waals surface area (Å²) in [6.07, 6.45) is -4.30. The number of hydrogen-bond acceptors (Lipinski definition) is 10. The third kappa shape index (κ3) is 8.26. The van der Waals surface area contributed by atoms with E-state index in [1.165, 1.54) is 0 Å². The molecule has 0 saturated heterocycles. The molecule has 1 aliphatic rings. The van der Waals surface area contributed by atoms with Gasteiger partial charge in [-0.2, -0.15) is 5.26 Å². The smallest absolute Gasteiger partial charge is 0.161 e. The first-order valence-electron chi connectivity index (χ1n) is 15.9. The molecule has 252 valence electrons. The first-order valence-corrected chi connectivity index (χ1v) is 15.9. The number of nitrogens with one attached hydrogen (secondary N) is 1. The van der Waals surface area contributed by atoms with Gasteiger partial charge in [-0.3, -0.25) is 0 Å². The summed E-state index contributed by atoms with van der Waals surface area (Å²) in [7, 11) is 0. The molecule has 5 rings (SSSR count). The lowest BCUT2D eigenvalue weighted by Gasteiger charge is -2.27. The Morgan fingerprint density at radius 1 is 0.833 bits per heavy atom. The molecule has 4 aromatic carbocycles. The van der Waals surface area contributed by atoms with Gasteiger partial charge in [0.2, 0.25) is 0 Å². The second kappa shape index (κ2) is 16.0. The third-order valence-corrected chi connectivity index (χ3v) is 8.55. The van der Waals surface area contributed by atoms with Gasteiger partial charge in [0, 0.05) is 24.2 Å². The molecule has 1 heterocycles. The van der Waals surface area contributed by atoms with Crippen LogP contribution in [0.1, 0.15) is 40.3 Å². The lowest BCUT2D eigenvalue weighted by Crippen LogP contribution is -2.49. The van der Waals surface area contributed by atoms with Crippen molar-refractivity contribution in [3.05, 3.63) is 106 Å². The third-order valence-electron chi connectivity index (χ3n) is 8.55. The van der Waals surface area contributed by atoms with Crippen molar-refractivity contribution < 1.29 is 39.4 Å². The van der Waals surface area contributed by atoms with Crippen molar-refractivity contribution in [2.75, 3.05) is 19.8 Å². The minimum absolute atomic E-state index is 0.210. The number of nitriles is 1. The molecular weight excluding hydrogens is 612 g/mol. The Labute approximate surface area is 280 Å². The summed E-state index contributed by atoms with van der Waals surface area (Å²) in [5.74, 6) is 2.67. The summed E-state index contributed by atoms with van der Waals surface area (Å²) in [6, 6.07) is 24.6. The molecule has 0 unspecified atom stereocenters. The number of ether oxygens (including phenoxy) is 4. The van der Waals surface area contributed by atoms with Crippen molar-refractivity contribution in [2.24, 2.45) is 0 Å². The number of rotatable bonds is 14. The highest BCUT2D eigenvalue weighted by Gasteiger charge is 2.28. The van der Waals surface area contributed by atoms with Gasteiger partial charge >= 0.3 is 0 Å². The van der Waals surface area contributed by atoms with E-state index in [4.69, 9.17) is 24.1 Å². The fourth-order valence-electron chi connectivity index (χ4n) is 5.59. The summed E-state index contributed by atoms with van der Waals surface area (Å²) in [5.41, 5.74) is 7.22. The summed E-state index contributed by atoms with van der Waals surface area (Å²) in [5, 5.41) is 52.1. The zero-order valence-electron chi connectivity index (χ0n) is 27.3. The van der Waals surface area contributed by atoms with Gasteiger partial charge in [-0.05, 0) is 84.5 Å². The summed E-state index contributed by atoms with van der Waals surface area (Å²) < 4.78 is 24.2. The molecule has 48 heavy (non-hydrogen) atoms. The van der Waals surface area contributed by atoms with Crippen LogP contribution in [0.3, 0.4) is 0 Å². The van der Waals surface area contributed by atoms with Crippen molar-refractivity contribution >= 4 is 0 Å². The maximum atomic E-state index is 10.5. The largest absolute Gasteiger partial charge is 0.488 e. The van der Waals surface area contributed by atoms with Crippen LogP contribution in [-0.2, 0) is 19.8 Å². The van der Waals surface area contributed by atoms with E-state index < -0.39 is 31.0 Å². The molecule has 4 aromatic rings. The molecule has 10 nitrogen and oxygen atoms in total. The van der Waals surface area contributed by atoms with Crippen LogP contribution in [-0.4, -0.2) is 64.6 Å². The lowest BCUT2D eigenvalue weighted by molar-refractivity contribution is -0.0852. The van der Waals surface area contributed by atoms with Crippen LogP contribution in [0.15, 0.2) is 72.8 Å². The van der Waals surface area contributed by atoms with Gasteiger partial charge in [-0.15, -0.1) is 0 Å². The number of fused-ring (bicyclic) bond motifs is 1. The molecule has 0 fully saturated rings. The number of benzene rings is 4. The Bertz CT molecular complexity index is 1750. The molecule has 0 aromatic heterocycles. The number of aryl methyl sites for hydroxylation is 1. The highest BCUT2D eigenvalue weighted by atomic mass is 16.6. The van der Waals surface area contributed by atoms with Gasteiger partial charge in [0.15, 0.2) is 11.5 Å². The van der Waals surface area contributed by atoms with Gasteiger partial charge in [-0.25, -0.2) is 0 Å². The van der Waals surface area contributed by atoms with E-state index in [9.17, 15) is 20.6 Å². The standard InChI is InChI=1S/C38H42N2O8/c1-23-14-30(19-40-25(3)37(43)38(44)32(42)20-41)35(47-21-27-7-4-6-26(15-27)18-39)17-34(23)48-22-29-8-5-9-31(24(29)2)28-10-11-33-36(16-28)46-13-12-45-33/h4-11,14-17,25,32,37-38,40-44H,12-13,19-22H2,1-3H3/t25-,32+,37+,38+/m0/s1. The Balaban J connectivity index is 1.36. The predicted octanol–water partition coefficient (Wildman–Crippen LogP) is 4.32. The molecule has 10 heteroatoms. The molecule has 0 spiro atoms. The Morgan fingerprint density at radius 3 is 2.35 bits per heavy atom. The van der Waals surface area contributed by atoms with Crippen LogP contribution >= 0.6 is 0 Å². The van der Waals surface area contributed by atoms with Gasteiger partial charge in [0.05, 0.1) is 24.3 Å². The quantitative estimate of drug-likeness (QED) is 0.133. The monoisotopic (exact) mass is 654 g/mol. The zero-order chi connectivity index (χ0) is 34.2. The lowest BCUT2D eigenvalue weighted by atomic mass is 9.96. The molecule has 0 saturated carbocycles. The van der Waals surface area contributed by atoms with Gasteiger partial charge in [0.25, 0.3) is 0 Å². The Hall–Kier alpha value is -4.63. The fourth-order valence-corrected chi connectivity index (χ4v) is 5.59. The highest BCUT2D eigenvalue weighted by Crippen LogP contribution is 2.37. The Morgan fingerprint density at radius 2 is 1.58 bits per heavy atom. The molecule has 4 atom stereocenters. The minimum Gasteiger partial charge on any atom is -0.488 e. The van der Waals surface area contributed by atoms with Crippen molar-refractivity contribution in [3.8, 4) is 40.2 Å². The van der Waals surface area contributed by atoms with E-state index in [-0.39, 0.29) is 13.2 Å². The first-order chi connectivity index (χ1) is 23.2. The molecule has 0 aliphatic carbocycles. The van der Waals surface area contributed by atoms with Crippen LogP contribution < -0.4 is 24.3 Å². The summed E-state index contributed by atoms with van der Waals surface area (Å²) >= 11 is 0. The minimum atomic E-state index is -1.52. The normalized spacial score (nSPS) is 14.8. The van der Waals surface area contributed by atoms with E-state index >= 15 is 0 Å². The predicted molar refractivity (Wildman–Crippen MR) is 180 cm³/mol. The maximum Gasteiger partial charge on any atom is 0.161 e. The number of nitrogens with zero attached hydrogens (tertiary/aromatic N) is 1. The number of aliphatic hydroxyl groups excluding tert-OH is 4. The van der Waals surface area contributed by atoms with E-state index in [1.807, 2.05) is 55.5 Å². The molecule has 0 radical (unpaired) electrons. The Kier molecular flexibility index (Phi) is 11.5. The zero-order valence-corrected chi connectivity index (χ0v) is 27.3. The van der Waals surface area contributed by atoms with Crippen LogP contribution in [0.4, 0.5) is 0 Å². The second-order valence-corrected chi connectivity index (χ2v) is 12.0. The first kappa shape index (κ1) is 34.7. The topological polar surface area (TPSA) is 154 Å². The average molecular weight is 655 g/mol. The molecule has 1 aliphatic heterocycles. The van der Waals surface area contributed by atoms with Crippen molar-refractivity contribution in [2.45, 2.75) is 64.9 Å². The van der Waals surface area contributed by atoms with E-state index in [1.54, 1.807) is 25.1 Å². The SMILES string of the molecule is Cc1cc(CN[C@@H](C)[C@@H](O)[C@H](O)[C@H](O)CO)c(OCc2cccc(C#N)c2)cc1OCc1cccc(-c2ccc3c(c2)OCCO3)c1C. The molecule has 0 amide bonds. The fraction of sp³-hybridized carbons (Fsp3) is 0.342. The summed E-state index contributed by atoms with van der Waals surface area (Å²) in [4.78, 5) is 0. The highest BCUT2D eigenvalue weighted by molar-refractivity contribution is 5.71. The van der Waals surface area contributed by atoms with Crippen LogP contribution in [0, 0.1) is 25.2 Å². The van der Waals surface area contributed by atoms with Gasteiger partial charge in [0.1, 0.15) is 50.1 Å².